The Kier molecular flexibility index (Phi) is 5.24. The number of urea groups is 1. The molecule has 2 aliphatic rings. The number of hydrogen-bond acceptors (Lipinski definition) is 3. The average Bonchev–Trinajstić information content (AvgIpc) is 3.36. The third-order valence-electron chi connectivity index (χ3n) is 5.83. The van der Waals surface area contributed by atoms with Crippen LogP contribution in [0.5, 0.6) is 0 Å². The molecule has 2 fully saturated rings. The Labute approximate surface area is 165 Å². The largest absolute Gasteiger partial charge is 0.339 e. The molecule has 28 heavy (non-hydrogen) atoms. The molecule has 0 atom stereocenters. The fourth-order valence-corrected chi connectivity index (χ4v) is 4.26. The average molecular weight is 383 g/mol. The second kappa shape index (κ2) is 7.81. The Bertz CT molecular complexity index is 861. The Hall–Kier alpha value is -2.57. The van der Waals surface area contributed by atoms with Gasteiger partial charge in [-0.1, -0.05) is 0 Å². The summed E-state index contributed by atoms with van der Waals surface area (Å²) in [6.07, 6.45) is 7.68. The Morgan fingerprint density at radius 3 is 2.50 bits per heavy atom. The quantitative estimate of drug-likeness (QED) is 0.886. The molecule has 0 spiro atoms. The van der Waals surface area contributed by atoms with E-state index in [9.17, 15) is 9.59 Å². The van der Waals surface area contributed by atoms with Crippen LogP contribution < -0.4 is 5.32 Å². The summed E-state index contributed by atoms with van der Waals surface area (Å²) >= 11 is 0. The molecule has 0 radical (unpaired) electrons. The van der Waals surface area contributed by atoms with E-state index < -0.39 is 0 Å². The van der Waals surface area contributed by atoms with Crippen LogP contribution in [0.25, 0.3) is 5.52 Å². The van der Waals surface area contributed by atoms with Gasteiger partial charge < -0.3 is 15.1 Å². The first-order valence-corrected chi connectivity index (χ1v) is 10.3. The molecule has 7 nitrogen and oxygen atoms in total. The van der Waals surface area contributed by atoms with Gasteiger partial charge >= 0.3 is 6.03 Å². The lowest BCUT2D eigenvalue weighted by atomic mass is 9.89. The van der Waals surface area contributed by atoms with E-state index in [2.05, 4.69) is 22.5 Å². The van der Waals surface area contributed by atoms with Gasteiger partial charge in [0.05, 0.1) is 17.3 Å². The number of nitrogens with zero attached hydrogens (tertiary/aromatic N) is 4. The summed E-state index contributed by atoms with van der Waals surface area (Å²) in [5.41, 5.74) is 2.80. The van der Waals surface area contributed by atoms with Crippen molar-refractivity contribution in [2.24, 2.45) is 0 Å². The number of carbonyl (C=O) groups is 2. The molecule has 2 aliphatic heterocycles. The minimum atomic E-state index is 0.0261. The van der Waals surface area contributed by atoms with Crippen molar-refractivity contribution in [2.45, 2.75) is 51.5 Å². The number of hydrogen-bond donors (Lipinski definition) is 1. The van der Waals surface area contributed by atoms with Crippen molar-refractivity contribution >= 4 is 17.5 Å². The summed E-state index contributed by atoms with van der Waals surface area (Å²) < 4.78 is 1.79. The molecule has 0 saturated carbocycles. The number of carbonyl (C=O) groups excluding carboxylic acids is 2. The van der Waals surface area contributed by atoms with E-state index >= 15 is 0 Å². The molecule has 0 bridgehead atoms. The second-order valence-electron chi connectivity index (χ2n) is 8.21. The smallest absolute Gasteiger partial charge is 0.317 e. The molecular weight excluding hydrogens is 354 g/mol. The number of amides is 3. The van der Waals surface area contributed by atoms with Crippen molar-refractivity contribution in [3.8, 4) is 0 Å². The highest BCUT2D eigenvalue weighted by Gasteiger charge is 2.26. The van der Waals surface area contributed by atoms with Crippen LogP contribution in [0.4, 0.5) is 4.79 Å². The minimum absolute atomic E-state index is 0.0261. The van der Waals surface area contributed by atoms with Gasteiger partial charge in [-0.15, -0.1) is 0 Å². The van der Waals surface area contributed by atoms with Crippen LogP contribution in [0.1, 0.15) is 61.4 Å². The zero-order chi connectivity index (χ0) is 19.7. The molecule has 4 rings (SSSR count). The van der Waals surface area contributed by atoms with Gasteiger partial charge in [0.1, 0.15) is 0 Å². The summed E-state index contributed by atoms with van der Waals surface area (Å²) in [5.74, 6) is 0.488. The normalized spacial score (nSPS) is 18.2. The van der Waals surface area contributed by atoms with Crippen molar-refractivity contribution in [1.82, 2.24) is 24.7 Å². The van der Waals surface area contributed by atoms with Gasteiger partial charge in [-0.2, -0.15) is 5.10 Å². The maximum absolute atomic E-state index is 12.8. The molecule has 2 saturated heterocycles. The fourth-order valence-electron chi connectivity index (χ4n) is 4.26. The van der Waals surface area contributed by atoms with Crippen LogP contribution in [-0.4, -0.2) is 63.6 Å². The summed E-state index contributed by atoms with van der Waals surface area (Å²) in [4.78, 5) is 28.9. The summed E-state index contributed by atoms with van der Waals surface area (Å²) in [7, 11) is 0. The van der Waals surface area contributed by atoms with E-state index in [1.807, 2.05) is 29.8 Å². The van der Waals surface area contributed by atoms with Gasteiger partial charge in [0, 0.05) is 38.4 Å². The maximum Gasteiger partial charge on any atom is 0.317 e. The zero-order valence-corrected chi connectivity index (χ0v) is 16.7. The van der Waals surface area contributed by atoms with Crippen molar-refractivity contribution in [3.63, 3.8) is 0 Å². The van der Waals surface area contributed by atoms with E-state index in [0.29, 0.717) is 11.5 Å². The topological polar surface area (TPSA) is 70.0 Å². The molecule has 2 aromatic heterocycles. The van der Waals surface area contributed by atoms with Gasteiger partial charge in [0.15, 0.2) is 0 Å². The van der Waals surface area contributed by atoms with Crippen LogP contribution in [0.2, 0.25) is 0 Å². The van der Waals surface area contributed by atoms with Gasteiger partial charge in [-0.05, 0) is 63.1 Å². The fraction of sp³-hybridized carbons (Fsp3) is 0.571. The standard InChI is InChI=1S/C21H29N5O2/c1-15(2)23-21(28)25-10-5-16(6-11-25)17-7-12-26-19(13-17)18(14-22-26)20(27)24-8-3-4-9-24/h7,12-16H,3-6,8-11H2,1-2H3,(H,23,28). The number of nitrogens with one attached hydrogen (secondary N) is 1. The number of rotatable bonds is 3. The van der Waals surface area contributed by atoms with Gasteiger partial charge in [-0.25, -0.2) is 9.31 Å². The van der Waals surface area contributed by atoms with Crippen LogP contribution in [0, 0.1) is 0 Å². The van der Waals surface area contributed by atoms with E-state index in [4.69, 9.17) is 0 Å². The predicted octanol–water partition coefficient (Wildman–Crippen LogP) is 2.87. The number of likely N-dealkylation sites (tertiary alicyclic amines) is 2. The lowest BCUT2D eigenvalue weighted by Crippen LogP contribution is -2.46. The molecule has 7 heteroatoms. The van der Waals surface area contributed by atoms with E-state index in [1.165, 1.54) is 5.56 Å². The van der Waals surface area contributed by atoms with Crippen molar-refractivity contribution in [2.75, 3.05) is 26.2 Å². The highest BCUT2D eigenvalue weighted by molar-refractivity contribution is 6.00. The SMILES string of the molecule is CC(C)NC(=O)N1CCC(c2ccn3ncc(C(=O)N4CCCC4)c3c2)CC1. The lowest BCUT2D eigenvalue weighted by molar-refractivity contribution is 0.0794. The second-order valence-corrected chi connectivity index (χ2v) is 8.21. The van der Waals surface area contributed by atoms with Crippen LogP contribution in [-0.2, 0) is 0 Å². The Morgan fingerprint density at radius 1 is 1.11 bits per heavy atom. The molecule has 150 valence electrons. The highest BCUT2D eigenvalue weighted by atomic mass is 16.2. The molecule has 0 unspecified atom stereocenters. The highest BCUT2D eigenvalue weighted by Crippen LogP contribution is 2.29. The molecule has 4 heterocycles. The maximum atomic E-state index is 12.8. The zero-order valence-electron chi connectivity index (χ0n) is 16.7. The minimum Gasteiger partial charge on any atom is -0.339 e. The molecule has 3 amide bonds. The van der Waals surface area contributed by atoms with Gasteiger partial charge in [-0.3, -0.25) is 4.79 Å². The van der Waals surface area contributed by atoms with Crippen LogP contribution in [0.3, 0.4) is 0 Å². The van der Waals surface area contributed by atoms with Crippen molar-refractivity contribution < 1.29 is 9.59 Å². The summed E-state index contributed by atoms with van der Waals surface area (Å²) in [6.45, 7) is 7.15. The van der Waals surface area contributed by atoms with Gasteiger partial charge in [0.25, 0.3) is 5.91 Å². The van der Waals surface area contributed by atoms with Crippen LogP contribution >= 0.6 is 0 Å². The van der Waals surface area contributed by atoms with Crippen molar-refractivity contribution in [3.05, 3.63) is 35.7 Å². The molecule has 0 aromatic carbocycles. The predicted molar refractivity (Wildman–Crippen MR) is 108 cm³/mol. The van der Waals surface area contributed by atoms with Crippen molar-refractivity contribution in [1.29, 1.82) is 0 Å². The Morgan fingerprint density at radius 2 is 1.82 bits per heavy atom. The molecule has 2 aromatic rings. The van der Waals surface area contributed by atoms with E-state index in [1.54, 1.807) is 10.7 Å². The van der Waals surface area contributed by atoms with Gasteiger partial charge in [0.2, 0.25) is 0 Å². The van der Waals surface area contributed by atoms with Crippen LogP contribution in [0.15, 0.2) is 24.5 Å². The van der Waals surface area contributed by atoms with E-state index in [-0.39, 0.29) is 18.0 Å². The summed E-state index contributed by atoms with van der Waals surface area (Å²) in [5, 5.41) is 7.34. The first kappa shape index (κ1) is 18.8. The monoisotopic (exact) mass is 383 g/mol. The third-order valence-corrected chi connectivity index (χ3v) is 5.83. The van der Waals surface area contributed by atoms with E-state index in [0.717, 1.165) is 57.4 Å². The number of aromatic nitrogens is 2. The first-order chi connectivity index (χ1) is 13.5. The number of fused-ring (bicyclic) bond motifs is 1. The molecule has 1 N–H and O–H groups in total. The molecule has 0 aliphatic carbocycles. The Balaban J connectivity index is 1.48. The first-order valence-electron chi connectivity index (χ1n) is 10.3. The lowest BCUT2D eigenvalue weighted by Gasteiger charge is -2.32. The summed E-state index contributed by atoms with van der Waals surface area (Å²) in [6, 6.07) is 4.39. The number of pyridine rings is 1. The molecular formula is C21H29N5O2. The number of piperidine rings is 1. The third kappa shape index (κ3) is 3.70.